The van der Waals surface area contributed by atoms with E-state index in [1.54, 1.807) is 0 Å². The van der Waals surface area contributed by atoms with Gasteiger partial charge in [0.25, 0.3) is 0 Å². The lowest BCUT2D eigenvalue weighted by molar-refractivity contribution is 0.794. The van der Waals surface area contributed by atoms with Crippen molar-refractivity contribution in [3.8, 4) is 39.1 Å². The van der Waals surface area contributed by atoms with Crippen LogP contribution in [0.25, 0.3) is 82.4 Å². The number of fused-ring (bicyclic) bond motifs is 16. The van der Waals surface area contributed by atoms with E-state index >= 15 is 0 Å². The summed E-state index contributed by atoms with van der Waals surface area (Å²) in [4.78, 5) is 2.46. The Balaban J connectivity index is 0.952. The zero-order valence-electron chi connectivity index (χ0n) is 35.5. The summed E-state index contributed by atoms with van der Waals surface area (Å²) in [6.45, 7) is 0. The van der Waals surface area contributed by atoms with E-state index in [1.807, 2.05) is 0 Å². The molecule has 0 saturated heterocycles. The van der Waals surface area contributed by atoms with Crippen molar-refractivity contribution in [2.75, 3.05) is 4.90 Å². The average molecular weight is 825 g/mol. The molecular weight excluding hydrogens is 785 g/mol. The lowest BCUT2D eigenvalue weighted by Crippen LogP contribution is -2.25. The Kier molecular flexibility index (Phi) is 7.64. The predicted molar refractivity (Wildman–Crippen MR) is 272 cm³/mol. The maximum atomic E-state index is 2.46. The second-order valence-corrected chi connectivity index (χ2v) is 17.6. The molecular formula is C63H40N2. The summed E-state index contributed by atoms with van der Waals surface area (Å²) in [5, 5.41) is 7.40. The Morgan fingerprint density at radius 1 is 0.308 bits per heavy atom. The Bertz CT molecular complexity index is 3850. The molecule has 0 saturated carbocycles. The van der Waals surface area contributed by atoms with Crippen LogP contribution >= 0.6 is 0 Å². The third-order valence-electron chi connectivity index (χ3n) is 14.4. The normalized spacial score (nSPS) is 13.0. The third-order valence-corrected chi connectivity index (χ3v) is 14.4. The van der Waals surface area contributed by atoms with Gasteiger partial charge in [-0.2, -0.15) is 0 Å². The highest BCUT2D eigenvalue weighted by Crippen LogP contribution is 2.63. The molecule has 14 rings (SSSR count). The lowest BCUT2D eigenvalue weighted by Gasteiger charge is -2.30. The first-order chi connectivity index (χ1) is 32.3. The summed E-state index contributed by atoms with van der Waals surface area (Å²) in [6.07, 6.45) is 0. The maximum Gasteiger partial charge on any atom is 0.0725 e. The highest BCUT2D eigenvalue weighted by Gasteiger charge is 2.51. The standard InChI is InChI=1S/C63H40N2/c1-2-17-44(18-3-1)65-60-29-15-11-25-53(60)54-36-35-46(40-62(54)65)64(61-39-43-16-4-5-19-47(43)48-20-6-7-24-52(48)61)45-33-30-41(31-34-45)42-32-37-59-55(38-42)51-23-10-14-28-58(51)63(59)56-26-12-8-21-49(56)50-22-9-13-27-57(50)63/h1-40H. The van der Waals surface area contributed by atoms with Gasteiger partial charge in [-0.25, -0.2) is 0 Å². The summed E-state index contributed by atoms with van der Waals surface area (Å²) >= 11 is 0. The molecule has 1 aromatic heterocycles. The molecule has 0 radical (unpaired) electrons. The number of rotatable bonds is 5. The fourth-order valence-electron chi connectivity index (χ4n) is 11.7. The summed E-state index contributed by atoms with van der Waals surface area (Å²) in [7, 11) is 0. The summed E-state index contributed by atoms with van der Waals surface area (Å²) in [5.41, 5.74) is 19.6. The first-order valence-corrected chi connectivity index (χ1v) is 22.6. The van der Waals surface area contributed by atoms with Crippen LogP contribution in [0, 0.1) is 0 Å². The molecule has 11 aromatic carbocycles. The van der Waals surface area contributed by atoms with E-state index in [0.29, 0.717) is 0 Å². The molecule has 0 N–H and O–H groups in total. The maximum absolute atomic E-state index is 2.46. The lowest BCUT2D eigenvalue weighted by atomic mass is 9.70. The van der Waals surface area contributed by atoms with Gasteiger partial charge in [0.05, 0.1) is 22.1 Å². The third kappa shape index (κ3) is 5.05. The van der Waals surface area contributed by atoms with Gasteiger partial charge < -0.3 is 9.47 Å². The largest absolute Gasteiger partial charge is 0.310 e. The number of para-hydroxylation sites is 2. The van der Waals surface area contributed by atoms with E-state index in [-0.39, 0.29) is 5.41 Å². The Morgan fingerprint density at radius 3 is 1.55 bits per heavy atom. The van der Waals surface area contributed by atoms with Gasteiger partial charge in [0, 0.05) is 33.2 Å². The number of hydrogen-bond acceptors (Lipinski definition) is 1. The molecule has 12 aromatic rings. The number of benzene rings is 11. The molecule has 0 aliphatic heterocycles. The smallest absolute Gasteiger partial charge is 0.0725 e. The van der Waals surface area contributed by atoms with E-state index in [4.69, 9.17) is 0 Å². The fourth-order valence-corrected chi connectivity index (χ4v) is 11.7. The average Bonchev–Trinajstić information content (AvgIpc) is 3.98. The van der Waals surface area contributed by atoms with Crippen LogP contribution in [0.2, 0.25) is 0 Å². The molecule has 302 valence electrons. The van der Waals surface area contributed by atoms with E-state index in [1.165, 1.54) is 99.0 Å². The van der Waals surface area contributed by atoms with Gasteiger partial charge in [0.15, 0.2) is 0 Å². The van der Waals surface area contributed by atoms with Gasteiger partial charge in [-0.05, 0) is 126 Å². The van der Waals surface area contributed by atoms with Crippen LogP contribution < -0.4 is 4.90 Å². The molecule has 1 spiro atoms. The van der Waals surface area contributed by atoms with Crippen molar-refractivity contribution in [1.29, 1.82) is 0 Å². The van der Waals surface area contributed by atoms with Crippen molar-refractivity contribution < 1.29 is 0 Å². The molecule has 2 heteroatoms. The van der Waals surface area contributed by atoms with Crippen LogP contribution in [-0.4, -0.2) is 4.57 Å². The number of hydrogen-bond donors (Lipinski definition) is 0. The van der Waals surface area contributed by atoms with E-state index in [9.17, 15) is 0 Å². The van der Waals surface area contributed by atoms with Crippen LogP contribution in [0.4, 0.5) is 17.1 Å². The van der Waals surface area contributed by atoms with E-state index in [0.717, 1.165) is 22.7 Å². The molecule has 2 aliphatic carbocycles. The molecule has 1 heterocycles. The SMILES string of the molecule is c1ccc(-n2c3ccccc3c3ccc(N(c4ccc(-c5ccc6c(c5)-c5ccccc5C65c6ccccc6-c6ccccc65)cc4)c4cc5ccccc5c5ccccc45)cc32)cc1. The van der Waals surface area contributed by atoms with Gasteiger partial charge in [-0.3, -0.25) is 0 Å². The van der Waals surface area contributed by atoms with Gasteiger partial charge in [0.2, 0.25) is 0 Å². The highest BCUT2D eigenvalue weighted by atomic mass is 15.1. The second kappa shape index (κ2) is 13.8. The molecule has 0 unspecified atom stereocenters. The van der Waals surface area contributed by atoms with Crippen molar-refractivity contribution in [3.63, 3.8) is 0 Å². The Labute approximate surface area is 377 Å². The Hall–Kier alpha value is -8.46. The minimum absolute atomic E-state index is 0.349. The molecule has 0 bridgehead atoms. The van der Waals surface area contributed by atoms with Crippen molar-refractivity contribution >= 4 is 60.4 Å². The van der Waals surface area contributed by atoms with Gasteiger partial charge >= 0.3 is 0 Å². The molecule has 0 amide bonds. The Morgan fingerprint density at radius 2 is 0.831 bits per heavy atom. The van der Waals surface area contributed by atoms with Crippen LogP contribution in [0.5, 0.6) is 0 Å². The van der Waals surface area contributed by atoms with Gasteiger partial charge in [0.1, 0.15) is 0 Å². The quantitative estimate of drug-likeness (QED) is 0.157. The van der Waals surface area contributed by atoms with Gasteiger partial charge in [-0.15, -0.1) is 0 Å². The van der Waals surface area contributed by atoms with Crippen LogP contribution in [0.3, 0.4) is 0 Å². The molecule has 0 fully saturated rings. The fraction of sp³-hybridized carbons (Fsp3) is 0.0159. The minimum atomic E-state index is -0.349. The summed E-state index contributed by atoms with van der Waals surface area (Å²) < 4.78 is 2.41. The first kappa shape index (κ1) is 36.1. The molecule has 65 heavy (non-hydrogen) atoms. The van der Waals surface area contributed by atoms with E-state index in [2.05, 4.69) is 252 Å². The zero-order valence-corrected chi connectivity index (χ0v) is 35.5. The highest BCUT2D eigenvalue weighted by molar-refractivity contribution is 6.15. The van der Waals surface area contributed by atoms with Crippen LogP contribution in [0.15, 0.2) is 243 Å². The summed E-state index contributed by atoms with van der Waals surface area (Å²) in [6, 6.07) is 90.0. The zero-order chi connectivity index (χ0) is 42.6. The van der Waals surface area contributed by atoms with Crippen LogP contribution in [-0.2, 0) is 5.41 Å². The first-order valence-electron chi connectivity index (χ1n) is 22.6. The molecule has 2 aliphatic rings. The second-order valence-electron chi connectivity index (χ2n) is 17.6. The number of nitrogens with zero attached hydrogens (tertiary/aromatic N) is 2. The molecule has 2 nitrogen and oxygen atoms in total. The van der Waals surface area contributed by atoms with E-state index < -0.39 is 0 Å². The van der Waals surface area contributed by atoms with Crippen molar-refractivity contribution in [3.05, 3.63) is 265 Å². The summed E-state index contributed by atoms with van der Waals surface area (Å²) in [5.74, 6) is 0. The topological polar surface area (TPSA) is 8.17 Å². The number of aromatic nitrogens is 1. The molecule has 0 atom stereocenters. The van der Waals surface area contributed by atoms with Gasteiger partial charge in [-0.1, -0.05) is 188 Å². The van der Waals surface area contributed by atoms with Crippen molar-refractivity contribution in [2.45, 2.75) is 5.41 Å². The predicted octanol–water partition coefficient (Wildman–Crippen LogP) is 16.6. The van der Waals surface area contributed by atoms with Crippen molar-refractivity contribution in [2.24, 2.45) is 0 Å². The number of anilines is 3. The minimum Gasteiger partial charge on any atom is -0.310 e. The van der Waals surface area contributed by atoms with Crippen molar-refractivity contribution in [1.82, 2.24) is 4.57 Å². The van der Waals surface area contributed by atoms with Crippen LogP contribution in [0.1, 0.15) is 22.3 Å². The monoisotopic (exact) mass is 824 g/mol.